The molecule has 0 aromatic carbocycles. The fourth-order valence-electron chi connectivity index (χ4n) is 1.63. The second kappa shape index (κ2) is 8.34. The van der Waals surface area contributed by atoms with E-state index in [1.54, 1.807) is 6.92 Å². The van der Waals surface area contributed by atoms with E-state index in [1.165, 1.54) is 19.0 Å². The summed E-state index contributed by atoms with van der Waals surface area (Å²) in [6.07, 6.45) is 1.04. The first-order chi connectivity index (χ1) is 8.83. The van der Waals surface area contributed by atoms with E-state index >= 15 is 0 Å². The number of nitrogens with one attached hydrogen (secondary N) is 2. The minimum absolute atomic E-state index is 0.164. The van der Waals surface area contributed by atoms with Gasteiger partial charge in [-0.05, 0) is 6.42 Å². The predicted molar refractivity (Wildman–Crippen MR) is 70.7 cm³/mol. The molecular weight excluding hydrogens is 250 g/mol. The lowest BCUT2D eigenvalue weighted by Crippen LogP contribution is -2.48. The first kappa shape index (κ1) is 17.2. The molecule has 0 aromatic rings. The maximum atomic E-state index is 11.8. The van der Waals surface area contributed by atoms with Crippen molar-refractivity contribution in [1.29, 1.82) is 0 Å². The molecule has 19 heavy (non-hydrogen) atoms. The molecule has 0 bridgehead atoms. The van der Waals surface area contributed by atoms with E-state index in [9.17, 15) is 14.4 Å². The molecule has 0 fully saturated rings. The second-order valence-electron chi connectivity index (χ2n) is 4.52. The van der Waals surface area contributed by atoms with Crippen LogP contribution in [0.2, 0.25) is 0 Å². The third-order valence-corrected chi connectivity index (χ3v) is 2.76. The standard InChI is InChI=1S/C12H23N3O4/c1-5-6-9(11(17)18)14-12(19)15(4)7-8(2)10(16)13-3/h8-9H,5-7H2,1-4H3,(H,13,16)(H,14,19)(H,17,18)/t8?,9-/m0/s1. The number of hydrogen-bond acceptors (Lipinski definition) is 3. The van der Waals surface area contributed by atoms with Crippen LogP contribution in [0.25, 0.3) is 0 Å². The van der Waals surface area contributed by atoms with Crippen LogP contribution in [0.1, 0.15) is 26.7 Å². The van der Waals surface area contributed by atoms with Crippen molar-refractivity contribution < 1.29 is 19.5 Å². The molecule has 0 aromatic heterocycles. The number of hydrogen-bond donors (Lipinski definition) is 3. The fourth-order valence-corrected chi connectivity index (χ4v) is 1.63. The number of carbonyl (C=O) groups is 3. The third-order valence-electron chi connectivity index (χ3n) is 2.76. The highest BCUT2D eigenvalue weighted by atomic mass is 16.4. The van der Waals surface area contributed by atoms with Gasteiger partial charge in [0.25, 0.3) is 0 Å². The van der Waals surface area contributed by atoms with Gasteiger partial charge < -0.3 is 20.6 Å². The van der Waals surface area contributed by atoms with Crippen LogP contribution in [0, 0.1) is 5.92 Å². The summed E-state index contributed by atoms with van der Waals surface area (Å²) >= 11 is 0. The zero-order valence-electron chi connectivity index (χ0n) is 11.9. The van der Waals surface area contributed by atoms with Crippen LogP contribution >= 0.6 is 0 Å². The molecule has 0 saturated heterocycles. The van der Waals surface area contributed by atoms with Crippen molar-refractivity contribution in [2.45, 2.75) is 32.7 Å². The van der Waals surface area contributed by atoms with E-state index in [0.29, 0.717) is 12.8 Å². The van der Waals surface area contributed by atoms with Gasteiger partial charge in [-0.25, -0.2) is 9.59 Å². The molecule has 0 saturated carbocycles. The van der Waals surface area contributed by atoms with Crippen LogP contribution in [0.4, 0.5) is 4.79 Å². The molecule has 0 aliphatic heterocycles. The minimum Gasteiger partial charge on any atom is -0.480 e. The van der Waals surface area contributed by atoms with E-state index in [0.717, 1.165) is 0 Å². The Hall–Kier alpha value is -1.79. The molecule has 110 valence electrons. The molecule has 0 spiro atoms. The number of carbonyl (C=O) groups excluding carboxylic acids is 2. The molecule has 3 N–H and O–H groups in total. The van der Waals surface area contributed by atoms with Gasteiger partial charge in [-0.1, -0.05) is 20.3 Å². The highest BCUT2D eigenvalue weighted by Crippen LogP contribution is 2.01. The summed E-state index contributed by atoms with van der Waals surface area (Å²) in [5.41, 5.74) is 0. The first-order valence-electron chi connectivity index (χ1n) is 6.29. The Morgan fingerprint density at radius 1 is 1.32 bits per heavy atom. The fraction of sp³-hybridized carbons (Fsp3) is 0.750. The Morgan fingerprint density at radius 3 is 2.32 bits per heavy atom. The lowest BCUT2D eigenvalue weighted by atomic mass is 10.1. The van der Waals surface area contributed by atoms with Gasteiger partial charge in [-0.2, -0.15) is 0 Å². The van der Waals surface area contributed by atoms with Crippen molar-refractivity contribution in [2.24, 2.45) is 5.92 Å². The molecule has 1 unspecified atom stereocenters. The molecule has 7 heteroatoms. The number of carboxylic acid groups (broad SMARTS) is 1. The molecule has 0 heterocycles. The van der Waals surface area contributed by atoms with Gasteiger partial charge in [-0.3, -0.25) is 4.79 Å². The largest absolute Gasteiger partial charge is 0.480 e. The zero-order valence-corrected chi connectivity index (χ0v) is 11.9. The maximum Gasteiger partial charge on any atom is 0.326 e. The Kier molecular flexibility index (Phi) is 7.55. The van der Waals surface area contributed by atoms with Crippen molar-refractivity contribution in [3.63, 3.8) is 0 Å². The third kappa shape index (κ3) is 6.08. The van der Waals surface area contributed by atoms with Gasteiger partial charge in [0.15, 0.2) is 0 Å². The first-order valence-corrected chi connectivity index (χ1v) is 6.29. The molecule has 3 amide bonds. The molecule has 7 nitrogen and oxygen atoms in total. The van der Waals surface area contributed by atoms with Gasteiger partial charge in [0.2, 0.25) is 5.91 Å². The van der Waals surface area contributed by atoms with Crippen LogP contribution in [0.5, 0.6) is 0 Å². The van der Waals surface area contributed by atoms with Crippen LogP contribution in [-0.2, 0) is 9.59 Å². The SMILES string of the molecule is CCC[C@H](NC(=O)N(C)CC(C)C(=O)NC)C(=O)O. The van der Waals surface area contributed by atoms with Crippen molar-refractivity contribution in [1.82, 2.24) is 15.5 Å². The van der Waals surface area contributed by atoms with Crippen molar-refractivity contribution in [3.8, 4) is 0 Å². The number of rotatable bonds is 7. The number of nitrogens with zero attached hydrogens (tertiary/aromatic N) is 1. The summed E-state index contributed by atoms with van der Waals surface area (Å²) in [7, 11) is 3.06. The van der Waals surface area contributed by atoms with E-state index in [-0.39, 0.29) is 18.4 Å². The number of aliphatic carboxylic acids is 1. The molecule has 0 rings (SSSR count). The number of amides is 3. The normalized spacial score (nSPS) is 13.3. The molecule has 0 aliphatic rings. The van der Waals surface area contributed by atoms with Crippen molar-refractivity contribution >= 4 is 17.9 Å². The molecule has 0 radical (unpaired) electrons. The van der Waals surface area contributed by atoms with Crippen molar-refractivity contribution in [3.05, 3.63) is 0 Å². The number of carboxylic acids is 1. The van der Waals surface area contributed by atoms with E-state index in [1.807, 2.05) is 6.92 Å². The van der Waals surface area contributed by atoms with Gasteiger partial charge >= 0.3 is 12.0 Å². The smallest absolute Gasteiger partial charge is 0.326 e. The molecular formula is C12H23N3O4. The maximum absolute atomic E-state index is 11.8. The second-order valence-corrected chi connectivity index (χ2v) is 4.52. The Balaban J connectivity index is 4.40. The molecule has 0 aliphatic carbocycles. The van der Waals surface area contributed by atoms with Gasteiger partial charge in [-0.15, -0.1) is 0 Å². The topological polar surface area (TPSA) is 98.7 Å². The summed E-state index contributed by atoms with van der Waals surface area (Å²) in [4.78, 5) is 35.4. The van der Waals surface area contributed by atoms with Crippen LogP contribution in [-0.4, -0.2) is 54.6 Å². The van der Waals surface area contributed by atoms with Crippen LogP contribution in [0.15, 0.2) is 0 Å². The highest BCUT2D eigenvalue weighted by molar-refractivity contribution is 5.83. The minimum atomic E-state index is -1.05. The quantitative estimate of drug-likeness (QED) is 0.619. The summed E-state index contributed by atoms with van der Waals surface area (Å²) in [6, 6.07) is -1.38. The highest BCUT2D eigenvalue weighted by Gasteiger charge is 2.22. The van der Waals surface area contributed by atoms with Gasteiger partial charge in [0.05, 0.1) is 5.92 Å². The summed E-state index contributed by atoms with van der Waals surface area (Å²) in [5.74, 6) is -1.57. The average Bonchev–Trinajstić information content (AvgIpc) is 2.36. The Labute approximate surface area is 113 Å². The van der Waals surface area contributed by atoms with Crippen LogP contribution in [0.3, 0.4) is 0 Å². The summed E-state index contributed by atoms with van der Waals surface area (Å²) < 4.78 is 0. The summed E-state index contributed by atoms with van der Waals surface area (Å²) in [6.45, 7) is 3.77. The predicted octanol–water partition coefficient (Wildman–Crippen LogP) is 0.263. The van der Waals surface area contributed by atoms with E-state index in [4.69, 9.17) is 5.11 Å². The van der Waals surface area contributed by atoms with E-state index < -0.39 is 18.0 Å². The van der Waals surface area contributed by atoms with Crippen molar-refractivity contribution in [2.75, 3.05) is 20.6 Å². The zero-order chi connectivity index (χ0) is 15.0. The average molecular weight is 273 g/mol. The summed E-state index contributed by atoms with van der Waals surface area (Å²) in [5, 5.41) is 13.9. The lowest BCUT2D eigenvalue weighted by Gasteiger charge is -2.23. The Morgan fingerprint density at radius 2 is 1.89 bits per heavy atom. The van der Waals surface area contributed by atoms with E-state index in [2.05, 4.69) is 10.6 Å². The molecule has 2 atom stereocenters. The van der Waals surface area contributed by atoms with Crippen LogP contribution < -0.4 is 10.6 Å². The Bertz CT molecular complexity index is 333. The van der Waals surface area contributed by atoms with Gasteiger partial charge in [0, 0.05) is 20.6 Å². The number of urea groups is 1. The van der Waals surface area contributed by atoms with Gasteiger partial charge in [0.1, 0.15) is 6.04 Å². The monoisotopic (exact) mass is 273 g/mol. The lowest BCUT2D eigenvalue weighted by molar-refractivity contribution is -0.139.